The van der Waals surface area contributed by atoms with Gasteiger partial charge in [0.25, 0.3) is 0 Å². The van der Waals surface area contributed by atoms with Crippen molar-refractivity contribution in [1.29, 1.82) is 0 Å². The molecule has 7 heteroatoms. The molecule has 2 aromatic heterocycles. The molecule has 3 aromatic rings. The lowest BCUT2D eigenvalue weighted by atomic mass is 10.1. The van der Waals surface area contributed by atoms with Gasteiger partial charge < -0.3 is 13.8 Å². The molecule has 3 rings (SSSR count). The van der Waals surface area contributed by atoms with Gasteiger partial charge in [0.1, 0.15) is 0 Å². The molecule has 0 aliphatic rings. The topological polar surface area (TPSA) is 87.1 Å². The number of methoxy groups -OCH3 is 1. The van der Waals surface area contributed by atoms with E-state index in [4.69, 9.17) is 13.8 Å². The second-order valence-electron chi connectivity index (χ2n) is 4.55. The zero-order valence-corrected chi connectivity index (χ0v) is 11.7. The summed E-state index contributed by atoms with van der Waals surface area (Å²) in [6.45, 7) is 2.54. The third-order valence-electron chi connectivity index (χ3n) is 2.92. The van der Waals surface area contributed by atoms with Gasteiger partial charge in [-0.25, -0.2) is 0 Å². The molecule has 0 aliphatic carbocycles. The predicted octanol–water partition coefficient (Wildman–Crippen LogP) is 2.28. The summed E-state index contributed by atoms with van der Waals surface area (Å²) in [5.41, 5.74) is 2.04. The molecule has 0 saturated heterocycles. The maximum atomic E-state index is 5.16. The summed E-state index contributed by atoms with van der Waals surface area (Å²) in [5, 5.41) is 7.76. The van der Waals surface area contributed by atoms with E-state index in [1.165, 1.54) is 5.56 Å². The molecule has 0 unspecified atom stereocenters. The summed E-state index contributed by atoms with van der Waals surface area (Å²) in [6.07, 6.45) is 0.568. The SMILES string of the molecule is COCCc1noc(-c2nc(-c3ccc(C)cc3)no2)n1. The number of aryl methyl sites for hydroxylation is 1. The summed E-state index contributed by atoms with van der Waals surface area (Å²) < 4.78 is 15.2. The van der Waals surface area contributed by atoms with Crippen LogP contribution in [0.1, 0.15) is 11.4 Å². The van der Waals surface area contributed by atoms with Crippen molar-refractivity contribution in [2.45, 2.75) is 13.3 Å². The smallest absolute Gasteiger partial charge is 0.316 e. The largest absolute Gasteiger partial charge is 0.384 e. The van der Waals surface area contributed by atoms with Crippen molar-refractivity contribution in [3.05, 3.63) is 35.7 Å². The molecular weight excluding hydrogens is 272 g/mol. The first kappa shape index (κ1) is 13.4. The fourth-order valence-corrected chi connectivity index (χ4v) is 1.77. The van der Waals surface area contributed by atoms with Crippen LogP contribution in [0.15, 0.2) is 33.3 Å². The Kier molecular flexibility index (Phi) is 3.74. The van der Waals surface area contributed by atoms with E-state index in [9.17, 15) is 0 Å². The summed E-state index contributed by atoms with van der Waals surface area (Å²) in [6, 6.07) is 7.84. The minimum atomic E-state index is 0.210. The number of aromatic nitrogens is 4. The minimum absolute atomic E-state index is 0.210. The van der Waals surface area contributed by atoms with Crippen LogP contribution in [0.2, 0.25) is 0 Å². The monoisotopic (exact) mass is 286 g/mol. The Hall–Kier alpha value is -2.54. The van der Waals surface area contributed by atoms with Crippen LogP contribution in [0.3, 0.4) is 0 Å². The van der Waals surface area contributed by atoms with Crippen LogP contribution in [0.4, 0.5) is 0 Å². The van der Waals surface area contributed by atoms with Gasteiger partial charge in [-0.1, -0.05) is 40.1 Å². The van der Waals surface area contributed by atoms with Crippen molar-refractivity contribution in [2.24, 2.45) is 0 Å². The minimum Gasteiger partial charge on any atom is -0.384 e. The summed E-state index contributed by atoms with van der Waals surface area (Å²) >= 11 is 0. The molecule has 0 atom stereocenters. The highest BCUT2D eigenvalue weighted by Gasteiger charge is 2.17. The zero-order chi connectivity index (χ0) is 14.7. The average molecular weight is 286 g/mol. The Balaban J connectivity index is 1.81. The Bertz CT molecular complexity index is 718. The lowest BCUT2D eigenvalue weighted by molar-refractivity contribution is 0.199. The van der Waals surface area contributed by atoms with Crippen molar-refractivity contribution in [2.75, 3.05) is 13.7 Å². The molecule has 0 amide bonds. The average Bonchev–Trinajstić information content (AvgIpc) is 3.15. The summed E-state index contributed by atoms with van der Waals surface area (Å²) in [5.74, 6) is 1.46. The maximum Gasteiger partial charge on any atom is 0.316 e. The lowest BCUT2D eigenvalue weighted by Crippen LogP contribution is -1.96. The van der Waals surface area contributed by atoms with Crippen LogP contribution in [-0.4, -0.2) is 34.0 Å². The second kappa shape index (κ2) is 5.84. The Morgan fingerprint density at radius 3 is 2.48 bits per heavy atom. The van der Waals surface area contributed by atoms with E-state index in [1.807, 2.05) is 31.2 Å². The van der Waals surface area contributed by atoms with Gasteiger partial charge in [-0.3, -0.25) is 0 Å². The molecule has 0 N–H and O–H groups in total. The van der Waals surface area contributed by atoms with Crippen molar-refractivity contribution >= 4 is 0 Å². The highest BCUT2D eigenvalue weighted by atomic mass is 16.5. The number of hydrogen-bond donors (Lipinski definition) is 0. The van der Waals surface area contributed by atoms with E-state index in [1.54, 1.807) is 7.11 Å². The number of nitrogens with zero attached hydrogens (tertiary/aromatic N) is 4. The Morgan fingerprint density at radius 1 is 1.00 bits per heavy atom. The van der Waals surface area contributed by atoms with Crippen LogP contribution in [0.25, 0.3) is 23.2 Å². The second-order valence-corrected chi connectivity index (χ2v) is 4.55. The van der Waals surface area contributed by atoms with Crippen molar-refractivity contribution in [3.8, 4) is 23.2 Å². The Labute approximate surface area is 120 Å². The lowest BCUT2D eigenvalue weighted by Gasteiger charge is -1.94. The normalized spacial score (nSPS) is 11.0. The highest BCUT2D eigenvalue weighted by molar-refractivity contribution is 5.56. The first-order valence-corrected chi connectivity index (χ1v) is 6.49. The van der Waals surface area contributed by atoms with Gasteiger partial charge >= 0.3 is 11.8 Å². The van der Waals surface area contributed by atoms with Crippen molar-refractivity contribution in [1.82, 2.24) is 20.3 Å². The maximum absolute atomic E-state index is 5.16. The van der Waals surface area contributed by atoms with Crippen molar-refractivity contribution in [3.63, 3.8) is 0 Å². The van der Waals surface area contributed by atoms with E-state index in [0.717, 1.165) is 5.56 Å². The summed E-state index contributed by atoms with van der Waals surface area (Å²) in [4.78, 5) is 8.45. The van der Waals surface area contributed by atoms with Gasteiger partial charge in [-0.15, -0.1) is 0 Å². The van der Waals surface area contributed by atoms with Gasteiger partial charge in [-0.2, -0.15) is 9.97 Å². The van der Waals surface area contributed by atoms with E-state index < -0.39 is 0 Å². The molecule has 1 aromatic carbocycles. The van der Waals surface area contributed by atoms with Crippen molar-refractivity contribution < 1.29 is 13.8 Å². The molecular formula is C14H14N4O3. The van der Waals surface area contributed by atoms with Crippen LogP contribution in [0.5, 0.6) is 0 Å². The summed E-state index contributed by atoms with van der Waals surface area (Å²) in [7, 11) is 1.62. The first-order chi connectivity index (χ1) is 10.3. The fraction of sp³-hybridized carbons (Fsp3) is 0.286. The predicted molar refractivity (Wildman–Crippen MR) is 73.3 cm³/mol. The molecule has 0 saturated carbocycles. The molecule has 0 spiro atoms. The van der Waals surface area contributed by atoms with Gasteiger partial charge in [0.05, 0.1) is 6.61 Å². The standard InChI is InChI=1S/C14H14N4O3/c1-9-3-5-10(6-4-9)12-16-14(21-18-12)13-15-11(17-20-13)7-8-19-2/h3-6H,7-8H2,1-2H3. The number of ether oxygens (including phenoxy) is 1. The van der Waals surface area contributed by atoms with Crippen LogP contribution >= 0.6 is 0 Å². The van der Waals surface area contributed by atoms with E-state index in [2.05, 4.69) is 20.3 Å². The van der Waals surface area contributed by atoms with E-state index >= 15 is 0 Å². The van der Waals surface area contributed by atoms with Crippen LogP contribution in [0, 0.1) is 6.92 Å². The van der Waals surface area contributed by atoms with Gasteiger partial charge in [-0.05, 0) is 6.92 Å². The third kappa shape index (κ3) is 2.97. The van der Waals surface area contributed by atoms with Gasteiger partial charge in [0.15, 0.2) is 5.82 Å². The third-order valence-corrected chi connectivity index (χ3v) is 2.92. The molecule has 7 nitrogen and oxygen atoms in total. The number of hydrogen-bond acceptors (Lipinski definition) is 7. The molecule has 0 radical (unpaired) electrons. The van der Waals surface area contributed by atoms with E-state index in [-0.39, 0.29) is 11.8 Å². The van der Waals surface area contributed by atoms with Crippen LogP contribution in [-0.2, 0) is 11.2 Å². The molecule has 0 aliphatic heterocycles. The molecule has 2 heterocycles. The first-order valence-electron chi connectivity index (χ1n) is 6.49. The molecule has 21 heavy (non-hydrogen) atoms. The fourth-order valence-electron chi connectivity index (χ4n) is 1.77. The number of rotatable bonds is 5. The molecule has 108 valence electrons. The number of benzene rings is 1. The molecule has 0 bridgehead atoms. The van der Waals surface area contributed by atoms with E-state index in [0.29, 0.717) is 24.7 Å². The Morgan fingerprint density at radius 2 is 1.71 bits per heavy atom. The van der Waals surface area contributed by atoms with Gasteiger partial charge in [0.2, 0.25) is 5.82 Å². The van der Waals surface area contributed by atoms with Gasteiger partial charge in [0, 0.05) is 19.1 Å². The zero-order valence-electron chi connectivity index (χ0n) is 11.7. The van der Waals surface area contributed by atoms with Crippen LogP contribution < -0.4 is 0 Å². The molecule has 0 fully saturated rings. The highest BCUT2D eigenvalue weighted by Crippen LogP contribution is 2.21. The quantitative estimate of drug-likeness (QED) is 0.711.